The molecule has 0 atom stereocenters. The van der Waals surface area contributed by atoms with Crippen molar-refractivity contribution in [1.29, 1.82) is 0 Å². The first-order valence-corrected chi connectivity index (χ1v) is 9.50. The molecule has 0 unspecified atom stereocenters. The first-order chi connectivity index (χ1) is 14.2. The summed E-state index contributed by atoms with van der Waals surface area (Å²) in [5, 5.41) is 2.93. The molecule has 7 nitrogen and oxygen atoms in total. The van der Waals surface area contributed by atoms with Gasteiger partial charge in [-0.15, -0.1) is 0 Å². The molecule has 1 aromatic heterocycles. The van der Waals surface area contributed by atoms with Crippen LogP contribution in [0.15, 0.2) is 67.3 Å². The van der Waals surface area contributed by atoms with Gasteiger partial charge in [-0.3, -0.25) is 9.59 Å². The fourth-order valence-electron chi connectivity index (χ4n) is 3.27. The molecule has 4 rings (SSSR count). The second-order valence-electron chi connectivity index (χ2n) is 6.89. The van der Waals surface area contributed by atoms with Crippen LogP contribution in [-0.2, 0) is 24.4 Å². The molecule has 1 aliphatic rings. The minimum atomic E-state index is -0.155. The Morgan fingerprint density at radius 3 is 2.79 bits per heavy atom. The van der Waals surface area contributed by atoms with Gasteiger partial charge in [0.15, 0.2) is 0 Å². The van der Waals surface area contributed by atoms with Gasteiger partial charge in [0.05, 0.1) is 12.9 Å². The Kier molecular flexibility index (Phi) is 5.56. The summed E-state index contributed by atoms with van der Waals surface area (Å²) >= 11 is 0. The summed E-state index contributed by atoms with van der Waals surface area (Å²) in [7, 11) is 0. The quantitative estimate of drug-likeness (QED) is 0.725. The summed E-state index contributed by atoms with van der Waals surface area (Å²) in [4.78, 5) is 30.9. The van der Waals surface area contributed by atoms with Crippen molar-refractivity contribution in [2.24, 2.45) is 0 Å². The molecule has 2 heterocycles. The fraction of sp³-hybridized carbons (Fsp3) is 0.227. The van der Waals surface area contributed by atoms with E-state index in [0.29, 0.717) is 37.6 Å². The van der Waals surface area contributed by atoms with Gasteiger partial charge in [0.2, 0.25) is 5.91 Å². The van der Waals surface area contributed by atoms with Crippen molar-refractivity contribution < 1.29 is 14.3 Å². The lowest BCUT2D eigenvalue weighted by atomic mass is 10.1. The lowest BCUT2D eigenvalue weighted by molar-refractivity contribution is -0.132. The van der Waals surface area contributed by atoms with Crippen molar-refractivity contribution in [3.63, 3.8) is 0 Å². The largest absolute Gasteiger partial charge is 0.491 e. The Labute approximate surface area is 168 Å². The van der Waals surface area contributed by atoms with E-state index in [1.165, 1.54) is 0 Å². The number of nitrogens with zero attached hydrogens (tertiary/aromatic N) is 3. The Hall–Kier alpha value is -3.61. The predicted octanol–water partition coefficient (Wildman–Crippen LogP) is 2.23. The fourth-order valence-corrected chi connectivity index (χ4v) is 3.27. The molecule has 7 heteroatoms. The maximum atomic E-state index is 12.6. The Morgan fingerprint density at radius 1 is 1.14 bits per heavy atom. The van der Waals surface area contributed by atoms with E-state index in [0.717, 1.165) is 11.1 Å². The Balaban J connectivity index is 1.44. The van der Waals surface area contributed by atoms with Crippen molar-refractivity contribution in [2.45, 2.75) is 19.6 Å². The molecule has 0 fully saturated rings. The molecule has 2 amide bonds. The zero-order chi connectivity index (χ0) is 20.1. The molecule has 3 aromatic rings. The Bertz CT molecular complexity index is 987. The maximum Gasteiger partial charge on any atom is 0.251 e. The number of benzene rings is 2. The van der Waals surface area contributed by atoms with Crippen molar-refractivity contribution >= 4 is 11.8 Å². The van der Waals surface area contributed by atoms with E-state index >= 15 is 0 Å². The van der Waals surface area contributed by atoms with Crippen LogP contribution in [0.2, 0.25) is 0 Å². The summed E-state index contributed by atoms with van der Waals surface area (Å²) in [6, 6.07) is 15.1. The minimum absolute atomic E-state index is 0.0154. The highest BCUT2D eigenvalue weighted by atomic mass is 16.5. The number of amides is 2. The topological polar surface area (TPSA) is 76.5 Å². The van der Waals surface area contributed by atoms with Gasteiger partial charge < -0.3 is 19.5 Å². The highest BCUT2D eigenvalue weighted by Crippen LogP contribution is 2.24. The average molecular weight is 390 g/mol. The second-order valence-corrected chi connectivity index (χ2v) is 6.89. The molecule has 1 N–H and O–H groups in total. The maximum absolute atomic E-state index is 12.6. The smallest absolute Gasteiger partial charge is 0.251 e. The molecular weight excluding hydrogens is 368 g/mol. The zero-order valence-corrected chi connectivity index (χ0v) is 16.0. The van der Waals surface area contributed by atoms with E-state index in [2.05, 4.69) is 10.3 Å². The average Bonchev–Trinajstić information content (AvgIpc) is 3.16. The summed E-state index contributed by atoms with van der Waals surface area (Å²) in [5.41, 5.74) is 2.41. The molecule has 0 saturated heterocycles. The lowest BCUT2D eigenvalue weighted by Crippen LogP contribution is -2.34. The molecule has 0 saturated carbocycles. The number of carbonyl (C=O) groups excluding carboxylic acids is 2. The van der Waals surface area contributed by atoms with E-state index in [-0.39, 0.29) is 18.4 Å². The molecule has 0 bridgehead atoms. The molecule has 29 heavy (non-hydrogen) atoms. The molecule has 0 spiro atoms. The normalized spacial score (nSPS) is 13.2. The standard InChI is InChI=1S/C22H22N4O3/c27-21(15-25-9-8-23-16-25)26-10-11-29-20-7-6-18(12-19(20)14-26)22(28)24-13-17-4-2-1-3-5-17/h1-9,12,16H,10-11,13-15H2,(H,24,28). The number of nitrogens with one attached hydrogen (secondary N) is 1. The third-order valence-corrected chi connectivity index (χ3v) is 4.83. The zero-order valence-electron chi connectivity index (χ0n) is 16.0. The van der Waals surface area contributed by atoms with Crippen molar-refractivity contribution in [1.82, 2.24) is 19.8 Å². The van der Waals surface area contributed by atoms with Crippen LogP contribution >= 0.6 is 0 Å². The minimum Gasteiger partial charge on any atom is -0.491 e. The van der Waals surface area contributed by atoms with Gasteiger partial charge in [-0.2, -0.15) is 0 Å². The Morgan fingerprint density at radius 2 is 2.00 bits per heavy atom. The number of hydrogen-bond acceptors (Lipinski definition) is 4. The highest BCUT2D eigenvalue weighted by Gasteiger charge is 2.21. The van der Waals surface area contributed by atoms with Gasteiger partial charge in [-0.1, -0.05) is 30.3 Å². The van der Waals surface area contributed by atoms with Crippen LogP contribution in [0.3, 0.4) is 0 Å². The SMILES string of the molecule is O=C(NCc1ccccc1)c1ccc2c(c1)CN(C(=O)Cn1ccnc1)CCO2. The van der Waals surface area contributed by atoms with Crippen LogP contribution in [0.25, 0.3) is 0 Å². The van der Waals surface area contributed by atoms with Gasteiger partial charge in [-0.25, -0.2) is 4.98 Å². The summed E-state index contributed by atoms with van der Waals surface area (Å²) < 4.78 is 7.52. The van der Waals surface area contributed by atoms with Crippen molar-refractivity contribution in [3.8, 4) is 5.75 Å². The second kappa shape index (κ2) is 8.60. The van der Waals surface area contributed by atoms with E-state index in [1.54, 1.807) is 46.4 Å². The first-order valence-electron chi connectivity index (χ1n) is 9.50. The number of imidazole rings is 1. The van der Waals surface area contributed by atoms with E-state index in [4.69, 9.17) is 4.74 Å². The van der Waals surface area contributed by atoms with Crippen LogP contribution in [0.4, 0.5) is 0 Å². The summed E-state index contributed by atoms with van der Waals surface area (Å²) in [6.45, 7) is 2.01. The van der Waals surface area contributed by atoms with Crippen LogP contribution < -0.4 is 10.1 Å². The van der Waals surface area contributed by atoms with E-state index in [9.17, 15) is 9.59 Å². The third-order valence-electron chi connectivity index (χ3n) is 4.83. The van der Waals surface area contributed by atoms with E-state index < -0.39 is 0 Å². The van der Waals surface area contributed by atoms with Gasteiger partial charge in [0, 0.05) is 36.6 Å². The van der Waals surface area contributed by atoms with Gasteiger partial charge in [0.25, 0.3) is 5.91 Å². The van der Waals surface area contributed by atoms with Gasteiger partial charge in [-0.05, 0) is 23.8 Å². The number of ether oxygens (including phenoxy) is 1. The molecule has 0 radical (unpaired) electrons. The van der Waals surface area contributed by atoms with Crippen molar-refractivity contribution in [2.75, 3.05) is 13.2 Å². The lowest BCUT2D eigenvalue weighted by Gasteiger charge is -2.20. The third kappa shape index (κ3) is 4.63. The van der Waals surface area contributed by atoms with E-state index in [1.807, 2.05) is 30.3 Å². The van der Waals surface area contributed by atoms with Gasteiger partial charge >= 0.3 is 0 Å². The number of rotatable bonds is 5. The molecule has 1 aliphatic heterocycles. The molecule has 148 valence electrons. The molecule has 2 aromatic carbocycles. The number of hydrogen-bond donors (Lipinski definition) is 1. The summed E-state index contributed by atoms with van der Waals surface area (Å²) in [6.07, 6.45) is 5.03. The first kappa shape index (κ1) is 18.7. The number of aromatic nitrogens is 2. The number of carbonyl (C=O) groups is 2. The predicted molar refractivity (Wildman–Crippen MR) is 107 cm³/mol. The van der Waals surface area contributed by atoms with Crippen LogP contribution in [0.5, 0.6) is 5.75 Å². The van der Waals surface area contributed by atoms with Crippen LogP contribution in [-0.4, -0.2) is 39.4 Å². The monoisotopic (exact) mass is 390 g/mol. The van der Waals surface area contributed by atoms with Crippen LogP contribution in [0, 0.1) is 0 Å². The molecule has 0 aliphatic carbocycles. The molecular formula is C22H22N4O3. The van der Waals surface area contributed by atoms with Crippen molar-refractivity contribution in [3.05, 3.63) is 83.9 Å². The van der Waals surface area contributed by atoms with Gasteiger partial charge in [0.1, 0.15) is 18.9 Å². The summed E-state index contributed by atoms with van der Waals surface area (Å²) in [5.74, 6) is 0.540. The number of fused-ring (bicyclic) bond motifs is 1. The van der Waals surface area contributed by atoms with Crippen LogP contribution in [0.1, 0.15) is 21.5 Å². The highest BCUT2D eigenvalue weighted by molar-refractivity contribution is 5.94.